The van der Waals surface area contributed by atoms with Crippen molar-refractivity contribution in [3.05, 3.63) is 23.8 Å². The van der Waals surface area contributed by atoms with Gasteiger partial charge in [0.05, 0.1) is 11.3 Å². The predicted molar refractivity (Wildman–Crippen MR) is 68.3 cm³/mol. The number of nitrogens with zero attached hydrogens (tertiary/aromatic N) is 2. The van der Waals surface area contributed by atoms with Crippen molar-refractivity contribution < 1.29 is 0 Å². The fourth-order valence-electron chi connectivity index (χ4n) is 1.59. The molecule has 0 aromatic heterocycles. The molecule has 0 aliphatic carbocycles. The van der Waals surface area contributed by atoms with Crippen LogP contribution in [0, 0.1) is 17.2 Å². The van der Waals surface area contributed by atoms with Crippen molar-refractivity contribution in [2.75, 3.05) is 24.2 Å². The summed E-state index contributed by atoms with van der Waals surface area (Å²) in [4.78, 5) is 2.17. The molecule has 0 radical (unpaired) electrons. The smallest absolute Gasteiger partial charge is 0.101 e. The third-order valence-electron chi connectivity index (χ3n) is 2.88. The highest BCUT2D eigenvalue weighted by Gasteiger charge is 2.07. The van der Waals surface area contributed by atoms with Crippen LogP contribution >= 0.6 is 0 Å². The first-order valence-electron chi connectivity index (χ1n) is 5.59. The van der Waals surface area contributed by atoms with Crippen molar-refractivity contribution in [3.8, 4) is 6.07 Å². The van der Waals surface area contributed by atoms with Crippen LogP contribution in [-0.2, 0) is 0 Å². The lowest BCUT2D eigenvalue weighted by Crippen LogP contribution is -2.23. The standard InChI is InChI=1S/C13H19N3/c1-4-10(2)9-16(3)12-6-5-11(8-14)13(15)7-12/h5-7,10H,4,9,15H2,1-3H3. The molecule has 0 aliphatic rings. The minimum atomic E-state index is 0.542. The molecule has 0 saturated carbocycles. The number of rotatable bonds is 4. The molecule has 1 aromatic rings. The highest BCUT2D eigenvalue weighted by atomic mass is 15.1. The van der Waals surface area contributed by atoms with Crippen LogP contribution in [0.3, 0.4) is 0 Å². The Bertz CT molecular complexity index is 393. The Labute approximate surface area is 97.5 Å². The molecule has 1 atom stereocenters. The molecule has 1 rings (SSSR count). The summed E-state index contributed by atoms with van der Waals surface area (Å²) in [5, 5.41) is 8.79. The van der Waals surface area contributed by atoms with Gasteiger partial charge in [0.2, 0.25) is 0 Å². The SMILES string of the molecule is CCC(C)CN(C)c1ccc(C#N)c(N)c1. The molecule has 0 heterocycles. The van der Waals surface area contributed by atoms with E-state index in [4.69, 9.17) is 11.0 Å². The number of nitriles is 1. The molecule has 1 unspecified atom stereocenters. The summed E-state index contributed by atoms with van der Waals surface area (Å²) in [6.45, 7) is 5.41. The summed E-state index contributed by atoms with van der Waals surface area (Å²) in [6, 6.07) is 7.65. The van der Waals surface area contributed by atoms with E-state index in [9.17, 15) is 0 Å². The van der Waals surface area contributed by atoms with Gasteiger partial charge in [0.15, 0.2) is 0 Å². The maximum Gasteiger partial charge on any atom is 0.101 e. The van der Waals surface area contributed by atoms with E-state index in [1.54, 1.807) is 6.07 Å². The summed E-state index contributed by atoms with van der Waals surface area (Å²) >= 11 is 0. The largest absolute Gasteiger partial charge is 0.398 e. The number of hydrogen-bond donors (Lipinski definition) is 1. The van der Waals surface area contributed by atoms with E-state index >= 15 is 0 Å². The van der Waals surface area contributed by atoms with Crippen molar-refractivity contribution in [3.63, 3.8) is 0 Å². The molecule has 0 spiro atoms. The van der Waals surface area contributed by atoms with Gasteiger partial charge in [0.25, 0.3) is 0 Å². The van der Waals surface area contributed by atoms with Gasteiger partial charge in [0, 0.05) is 19.3 Å². The van der Waals surface area contributed by atoms with Gasteiger partial charge in [-0.1, -0.05) is 20.3 Å². The van der Waals surface area contributed by atoms with Crippen LogP contribution in [0.1, 0.15) is 25.8 Å². The molecule has 3 heteroatoms. The first-order chi connectivity index (χ1) is 7.58. The van der Waals surface area contributed by atoms with E-state index in [0.717, 1.165) is 18.7 Å². The van der Waals surface area contributed by atoms with Crippen molar-refractivity contribution in [2.24, 2.45) is 5.92 Å². The fraction of sp³-hybridized carbons (Fsp3) is 0.462. The summed E-state index contributed by atoms with van der Waals surface area (Å²) in [5.74, 6) is 0.655. The Morgan fingerprint density at radius 1 is 1.50 bits per heavy atom. The zero-order chi connectivity index (χ0) is 12.1. The molecule has 0 bridgehead atoms. The van der Waals surface area contributed by atoms with Gasteiger partial charge in [-0.05, 0) is 24.1 Å². The fourth-order valence-corrected chi connectivity index (χ4v) is 1.59. The summed E-state index contributed by atoms with van der Waals surface area (Å²) in [5.41, 5.74) is 7.94. The quantitative estimate of drug-likeness (QED) is 0.789. The maximum absolute atomic E-state index is 8.79. The Morgan fingerprint density at radius 2 is 2.19 bits per heavy atom. The highest BCUT2D eigenvalue weighted by Crippen LogP contribution is 2.21. The topological polar surface area (TPSA) is 53.0 Å². The van der Waals surface area contributed by atoms with Crippen LogP contribution < -0.4 is 10.6 Å². The molecular weight excluding hydrogens is 198 g/mol. The van der Waals surface area contributed by atoms with Crippen molar-refractivity contribution >= 4 is 11.4 Å². The molecule has 0 fully saturated rings. The Hall–Kier alpha value is -1.69. The Kier molecular flexibility index (Phi) is 4.19. The van der Waals surface area contributed by atoms with Gasteiger partial charge in [-0.15, -0.1) is 0 Å². The molecule has 3 nitrogen and oxygen atoms in total. The third-order valence-corrected chi connectivity index (χ3v) is 2.88. The zero-order valence-electron chi connectivity index (χ0n) is 10.2. The minimum Gasteiger partial charge on any atom is -0.398 e. The number of nitrogens with two attached hydrogens (primary N) is 1. The number of anilines is 2. The summed E-state index contributed by atoms with van der Waals surface area (Å²) in [6.07, 6.45) is 1.16. The summed E-state index contributed by atoms with van der Waals surface area (Å²) < 4.78 is 0. The Morgan fingerprint density at radius 3 is 2.69 bits per heavy atom. The van der Waals surface area contributed by atoms with Crippen molar-refractivity contribution in [1.29, 1.82) is 5.26 Å². The van der Waals surface area contributed by atoms with Gasteiger partial charge in [-0.2, -0.15) is 5.26 Å². The minimum absolute atomic E-state index is 0.542. The van der Waals surface area contributed by atoms with Crippen LogP contribution in [0.2, 0.25) is 0 Å². The average molecular weight is 217 g/mol. The van der Waals surface area contributed by atoms with Crippen LogP contribution in [0.15, 0.2) is 18.2 Å². The molecule has 0 aliphatic heterocycles. The van der Waals surface area contributed by atoms with Gasteiger partial charge < -0.3 is 10.6 Å². The molecular formula is C13H19N3. The second kappa shape index (κ2) is 5.41. The molecule has 86 valence electrons. The molecule has 0 amide bonds. The van der Waals surface area contributed by atoms with Crippen LogP contribution in [0.4, 0.5) is 11.4 Å². The number of nitrogen functional groups attached to an aromatic ring is 1. The van der Waals surface area contributed by atoms with E-state index < -0.39 is 0 Å². The lowest BCUT2D eigenvalue weighted by atomic mass is 10.1. The van der Waals surface area contributed by atoms with E-state index in [0.29, 0.717) is 17.2 Å². The van der Waals surface area contributed by atoms with Crippen LogP contribution in [0.25, 0.3) is 0 Å². The first-order valence-corrected chi connectivity index (χ1v) is 5.59. The molecule has 1 aromatic carbocycles. The van der Waals surface area contributed by atoms with E-state index in [1.165, 1.54) is 0 Å². The summed E-state index contributed by atoms with van der Waals surface area (Å²) in [7, 11) is 2.05. The molecule has 0 saturated heterocycles. The molecule has 16 heavy (non-hydrogen) atoms. The first kappa shape index (κ1) is 12.4. The van der Waals surface area contributed by atoms with Crippen molar-refractivity contribution in [2.45, 2.75) is 20.3 Å². The molecule has 2 N–H and O–H groups in total. The number of benzene rings is 1. The third kappa shape index (κ3) is 2.90. The lowest BCUT2D eigenvalue weighted by molar-refractivity contribution is 0.560. The van der Waals surface area contributed by atoms with E-state index in [1.807, 2.05) is 19.2 Å². The highest BCUT2D eigenvalue weighted by molar-refractivity contribution is 5.63. The second-order valence-corrected chi connectivity index (χ2v) is 4.28. The van der Waals surface area contributed by atoms with Gasteiger partial charge in [-0.3, -0.25) is 0 Å². The monoisotopic (exact) mass is 217 g/mol. The maximum atomic E-state index is 8.79. The predicted octanol–water partition coefficient (Wildman–Crippen LogP) is 2.62. The van der Waals surface area contributed by atoms with Crippen LogP contribution in [0.5, 0.6) is 0 Å². The second-order valence-electron chi connectivity index (χ2n) is 4.28. The van der Waals surface area contributed by atoms with Gasteiger partial charge in [0.1, 0.15) is 6.07 Å². The lowest BCUT2D eigenvalue weighted by Gasteiger charge is -2.23. The normalized spacial score (nSPS) is 11.9. The Balaban J connectivity index is 2.81. The van der Waals surface area contributed by atoms with Crippen molar-refractivity contribution in [1.82, 2.24) is 0 Å². The number of hydrogen-bond acceptors (Lipinski definition) is 3. The van der Waals surface area contributed by atoms with Gasteiger partial charge >= 0.3 is 0 Å². The zero-order valence-corrected chi connectivity index (χ0v) is 10.2. The van der Waals surface area contributed by atoms with Crippen LogP contribution in [-0.4, -0.2) is 13.6 Å². The average Bonchev–Trinajstić information content (AvgIpc) is 2.28. The van der Waals surface area contributed by atoms with E-state index in [2.05, 4.69) is 24.8 Å². The van der Waals surface area contributed by atoms with Gasteiger partial charge in [-0.25, -0.2) is 0 Å². The van der Waals surface area contributed by atoms with E-state index in [-0.39, 0.29) is 0 Å².